The Labute approximate surface area is 171 Å². The Hall–Kier alpha value is -2.89. The zero-order valence-electron chi connectivity index (χ0n) is 17.8. The minimum absolute atomic E-state index is 0.118. The lowest BCUT2D eigenvalue weighted by Gasteiger charge is -2.29. The number of ether oxygens (including phenoxy) is 3. The SMILES string of the molecule is COC(/C=C/c1ccc(OC(=O)OC(C)(C)C)cc1)=C1C(=O)CC(C)(C)CC1=O. The minimum atomic E-state index is -0.774. The third kappa shape index (κ3) is 6.59. The molecule has 1 saturated carbocycles. The first kappa shape index (κ1) is 22.4. The largest absolute Gasteiger partial charge is 0.514 e. The zero-order valence-corrected chi connectivity index (χ0v) is 17.8. The van der Waals surface area contributed by atoms with E-state index < -0.39 is 11.8 Å². The van der Waals surface area contributed by atoms with E-state index in [-0.39, 0.29) is 28.3 Å². The fourth-order valence-corrected chi connectivity index (χ4v) is 2.98. The second-order valence-corrected chi connectivity index (χ2v) is 8.78. The number of hydrogen-bond acceptors (Lipinski definition) is 6. The molecule has 2 rings (SSSR count). The molecule has 156 valence electrons. The van der Waals surface area contributed by atoms with Gasteiger partial charge >= 0.3 is 6.16 Å². The first-order chi connectivity index (χ1) is 13.4. The summed E-state index contributed by atoms with van der Waals surface area (Å²) in [4.78, 5) is 36.6. The van der Waals surface area contributed by atoms with Gasteiger partial charge in [0.2, 0.25) is 0 Å². The Morgan fingerprint density at radius 1 is 1.03 bits per heavy atom. The van der Waals surface area contributed by atoms with Gasteiger partial charge in [-0.2, -0.15) is 0 Å². The van der Waals surface area contributed by atoms with E-state index in [0.717, 1.165) is 5.56 Å². The van der Waals surface area contributed by atoms with E-state index in [1.807, 2.05) is 13.8 Å². The molecule has 0 heterocycles. The van der Waals surface area contributed by atoms with Crippen LogP contribution in [0.4, 0.5) is 4.79 Å². The van der Waals surface area contributed by atoms with Crippen LogP contribution in [0, 0.1) is 5.41 Å². The number of benzene rings is 1. The molecule has 0 radical (unpaired) electrons. The molecule has 29 heavy (non-hydrogen) atoms. The van der Waals surface area contributed by atoms with Crippen LogP contribution in [0.5, 0.6) is 5.75 Å². The van der Waals surface area contributed by atoms with Gasteiger partial charge in [-0.1, -0.05) is 32.1 Å². The van der Waals surface area contributed by atoms with Gasteiger partial charge in [0, 0.05) is 12.8 Å². The van der Waals surface area contributed by atoms with Crippen LogP contribution >= 0.6 is 0 Å². The topological polar surface area (TPSA) is 78.9 Å². The van der Waals surface area contributed by atoms with Crippen molar-refractivity contribution >= 4 is 23.8 Å². The fraction of sp³-hybridized carbons (Fsp3) is 0.435. The molecule has 1 aromatic carbocycles. The lowest BCUT2D eigenvalue weighted by molar-refractivity contribution is -0.127. The Morgan fingerprint density at radius 2 is 1.59 bits per heavy atom. The molecule has 6 nitrogen and oxygen atoms in total. The summed E-state index contributed by atoms with van der Waals surface area (Å²) in [7, 11) is 1.44. The Balaban J connectivity index is 2.13. The van der Waals surface area contributed by atoms with Crippen molar-refractivity contribution in [1.82, 2.24) is 0 Å². The molecule has 0 unspecified atom stereocenters. The molecule has 0 aliphatic heterocycles. The Bertz CT molecular complexity index is 828. The molecular weight excluding hydrogens is 372 g/mol. The fourth-order valence-electron chi connectivity index (χ4n) is 2.98. The van der Waals surface area contributed by atoms with Gasteiger partial charge < -0.3 is 14.2 Å². The molecule has 0 saturated heterocycles. The molecule has 0 N–H and O–H groups in total. The number of allylic oxidation sites excluding steroid dienone is 2. The second kappa shape index (κ2) is 8.64. The molecule has 0 bridgehead atoms. The van der Waals surface area contributed by atoms with Gasteiger partial charge in [0.1, 0.15) is 22.7 Å². The van der Waals surface area contributed by atoms with Gasteiger partial charge in [0.05, 0.1) is 7.11 Å². The van der Waals surface area contributed by atoms with E-state index in [9.17, 15) is 14.4 Å². The lowest BCUT2D eigenvalue weighted by Crippen LogP contribution is -2.32. The van der Waals surface area contributed by atoms with Crippen molar-refractivity contribution in [2.24, 2.45) is 5.41 Å². The van der Waals surface area contributed by atoms with E-state index in [1.54, 1.807) is 57.2 Å². The molecule has 0 atom stereocenters. The summed E-state index contributed by atoms with van der Waals surface area (Å²) in [6.45, 7) is 9.08. The number of rotatable bonds is 4. The quantitative estimate of drug-likeness (QED) is 0.236. The van der Waals surface area contributed by atoms with Crippen LogP contribution in [0.2, 0.25) is 0 Å². The number of carbonyl (C=O) groups excluding carboxylic acids is 3. The average molecular weight is 400 g/mol. The van der Waals surface area contributed by atoms with Crippen molar-refractivity contribution in [3.05, 3.63) is 47.2 Å². The lowest BCUT2D eigenvalue weighted by atomic mass is 9.74. The van der Waals surface area contributed by atoms with Crippen molar-refractivity contribution in [2.45, 2.75) is 53.1 Å². The van der Waals surface area contributed by atoms with Gasteiger partial charge in [0.15, 0.2) is 11.6 Å². The normalized spacial score (nSPS) is 16.7. The van der Waals surface area contributed by atoms with Crippen molar-refractivity contribution in [3.63, 3.8) is 0 Å². The van der Waals surface area contributed by atoms with Crippen LogP contribution in [0.25, 0.3) is 6.08 Å². The van der Waals surface area contributed by atoms with Crippen LogP contribution in [-0.2, 0) is 19.1 Å². The maximum absolute atomic E-state index is 12.4. The van der Waals surface area contributed by atoms with Crippen molar-refractivity contribution in [3.8, 4) is 5.75 Å². The standard InChI is InChI=1S/C23H28O6/c1-22(2,3)29-21(26)28-16-10-7-15(8-11-16)9-12-19(27-6)20-17(24)13-23(4,5)14-18(20)25/h7-12H,13-14H2,1-6H3/b12-9+. The molecule has 6 heteroatoms. The molecule has 1 aliphatic carbocycles. The summed E-state index contributed by atoms with van der Waals surface area (Å²) in [6, 6.07) is 6.73. The van der Waals surface area contributed by atoms with Gasteiger partial charge in [-0.05, 0) is 50.0 Å². The predicted octanol–water partition coefficient (Wildman–Crippen LogP) is 4.87. The van der Waals surface area contributed by atoms with Crippen LogP contribution in [-0.4, -0.2) is 30.4 Å². The zero-order chi connectivity index (χ0) is 21.8. The molecule has 0 aromatic heterocycles. The van der Waals surface area contributed by atoms with Crippen LogP contribution in [0.1, 0.15) is 53.0 Å². The highest BCUT2D eigenvalue weighted by Gasteiger charge is 2.37. The maximum atomic E-state index is 12.4. The van der Waals surface area contributed by atoms with Crippen LogP contribution in [0.15, 0.2) is 41.7 Å². The highest BCUT2D eigenvalue weighted by molar-refractivity contribution is 6.22. The molecule has 0 spiro atoms. The summed E-state index contributed by atoms with van der Waals surface area (Å²) < 4.78 is 15.5. The van der Waals surface area contributed by atoms with E-state index in [2.05, 4.69) is 0 Å². The minimum Gasteiger partial charge on any atom is -0.496 e. The van der Waals surface area contributed by atoms with Crippen LogP contribution in [0.3, 0.4) is 0 Å². The van der Waals surface area contributed by atoms with E-state index in [4.69, 9.17) is 14.2 Å². The van der Waals surface area contributed by atoms with Crippen molar-refractivity contribution in [1.29, 1.82) is 0 Å². The number of methoxy groups -OCH3 is 1. The number of hydrogen-bond donors (Lipinski definition) is 0. The predicted molar refractivity (Wildman–Crippen MR) is 109 cm³/mol. The molecule has 0 amide bonds. The van der Waals surface area contributed by atoms with Crippen LogP contribution < -0.4 is 4.74 Å². The van der Waals surface area contributed by atoms with E-state index in [1.165, 1.54) is 7.11 Å². The summed E-state index contributed by atoms with van der Waals surface area (Å²) in [5, 5.41) is 0. The van der Waals surface area contributed by atoms with Gasteiger partial charge in [-0.25, -0.2) is 4.79 Å². The van der Waals surface area contributed by atoms with E-state index >= 15 is 0 Å². The average Bonchev–Trinajstić information content (AvgIpc) is 2.55. The summed E-state index contributed by atoms with van der Waals surface area (Å²) in [5.74, 6) is 0.203. The van der Waals surface area contributed by atoms with Crippen molar-refractivity contribution < 1.29 is 28.6 Å². The molecule has 1 aromatic rings. The second-order valence-electron chi connectivity index (χ2n) is 8.78. The van der Waals surface area contributed by atoms with Gasteiger partial charge in [-0.3, -0.25) is 9.59 Å². The first-order valence-electron chi connectivity index (χ1n) is 9.44. The summed E-state index contributed by atoms with van der Waals surface area (Å²) in [5.41, 5.74) is -0.0577. The molecular formula is C23H28O6. The van der Waals surface area contributed by atoms with E-state index in [0.29, 0.717) is 18.6 Å². The van der Waals surface area contributed by atoms with Gasteiger partial charge in [0.25, 0.3) is 0 Å². The highest BCUT2D eigenvalue weighted by Crippen LogP contribution is 2.35. The number of Topliss-reactive ketones (excluding diaryl/α,β-unsaturated/α-hetero) is 2. The Morgan fingerprint density at radius 3 is 2.07 bits per heavy atom. The summed E-state index contributed by atoms with van der Waals surface area (Å²) >= 11 is 0. The maximum Gasteiger partial charge on any atom is 0.514 e. The highest BCUT2D eigenvalue weighted by atomic mass is 16.7. The molecule has 1 fully saturated rings. The third-order valence-corrected chi connectivity index (χ3v) is 4.20. The summed E-state index contributed by atoms with van der Waals surface area (Å²) in [6.07, 6.45) is 3.18. The third-order valence-electron chi connectivity index (χ3n) is 4.20. The number of ketones is 2. The van der Waals surface area contributed by atoms with Crippen molar-refractivity contribution in [2.75, 3.05) is 7.11 Å². The molecule has 1 aliphatic rings. The number of carbonyl (C=O) groups is 3. The smallest absolute Gasteiger partial charge is 0.496 e. The van der Waals surface area contributed by atoms with Gasteiger partial charge in [-0.15, -0.1) is 0 Å². The monoisotopic (exact) mass is 400 g/mol. The Kier molecular flexibility index (Phi) is 6.67. The first-order valence-corrected chi connectivity index (χ1v) is 9.44.